The van der Waals surface area contributed by atoms with Gasteiger partial charge >= 0.3 is 0 Å². The lowest BCUT2D eigenvalue weighted by atomic mass is 9.92. The molecule has 1 unspecified atom stereocenters. The smallest absolute Gasteiger partial charge is 0.0744 e. The van der Waals surface area contributed by atoms with Crippen molar-refractivity contribution in [3.8, 4) is 0 Å². The fourth-order valence-corrected chi connectivity index (χ4v) is 2.51. The molecule has 0 saturated heterocycles. The first-order chi connectivity index (χ1) is 9.34. The zero-order valence-corrected chi connectivity index (χ0v) is 11.1. The SMILES string of the molecule is CC1=CN=C2C(NCCc3ccccc3)=CC=CC12. The number of fused-ring (bicyclic) bond motifs is 1. The molecule has 2 heteroatoms. The maximum atomic E-state index is 4.52. The summed E-state index contributed by atoms with van der Waals surface area (Å²) in [4.78, 5) is 4.52. The van der Waals surface area contributed by atoms with Gasteiger partial charge in [0.25, 0.3) is 0 Å². The number of nitrogens with one attached hydrogen (secondary N) is 1. The largest absolute Gasteiger partial charge is 0.383 e. The van der Waals surface area contributed by atoms with Crippen LogP contribution in [0.5, 0.6) is 0 Å². The first-order valence-electron chi connectivity index (χ1n) is 6.75. The molecule has 1 aromatic carbocycles. The predicted octanol–water partition coefficient (Wildman–Crippen LogP) is 3.25. The monoisotopic (exact) mass is 250 g/mol. The zero-order valence-electron chi connectivity index (χ0n) is 11.1. The second kappa shape index (κ2) is 5.27. The van der Waals surface area contributed by atoms with Crippen molar-refractivity contribution in [1.82, 2.24) is 5.32 Å². The van der Waals surface area contributed by atoms with E-state index in [2.05, 4.69) is 65.8 Å². The van der Waals surface area contributed by atoms with E-state index >= 15 is 0 Å². The third-order valence-electron chi connectivity index (χ3n) is 3.61. The number of benzene rings is 1. The van der Waals surface area contributed by atoms with Crippen molar-refractivity contribution in [3.05, 3.63) is 71.6 Å². The van der Waals surface area contributed by atoms with Crippen LogP contribution in [0.25, 0.3) is 0 Å². The molecule has 1 N–H and O–H groups in total. The average molecular weight is 250 g/mol. The summed E-state index contributed by atoms with van der Waals surface area (Å²) in [6.07, 6.45) is 9.46. The van der Waals surface area contributed by atoms with E-state index in [0.717, 1.165) is 24.4 Å². The van der Waals surface area contributed by atoms with Crippen molar-refractivity contribution in [2.75, 3.05) is 6.54 Å². The highest BCUT2D eigenvalue weighted by Crippen LogP contribution is 2.26. The maximum Gasteiger partial charge on any atom is 0.0744 e. The lowest BCUT2D eigenvalue weighted by Gasteiger charge is -2.19. The van der Waals surface area contributed by atoms with E-state index in [9.17, 15) is 0 Å². The van der Waals surface area contributed by atoms with Gasteiger partial charge in [-0.2, -0.15) is 0 Å². The standard InChI is InChI=1S/C17H18N2/c1-13-12-19-17-15(13)8-5-9-16(17)18-11-10-14-6-3-2-4-7-14/h2-9,12,15,18H,10-11H2,1H3. The Bertz CT molecular complexity index is 577. The van der Waals surface area contributed by atoms with Crippen LogP contribution in [0.3, 0.4) is 0 Å². The van der Waals surface area contributed by atoms with Crippen LogP contribution in [0.2, 0.25) is 0 Å². The van der Waals surface area contributed by atoms with Gasteiger partial charge in [0.2, 0.25) is 0 Å². The highest BCUT2D eigenvalue weighted by Gasteiger charge is 2.24. The molecular weight excluding hydrogens is 232 g/mol. The molecule has 1 aliphatic heterocycles. The minimum absolute atomic E-state index is 0.379. The van der Waals surface area contributed by atoms with Gasteiger partial charge in [0.1, 0.15) is 0 Å². The predicted molar refractivity (Wildman–Crippen MR) is 80.1 cm³/mol. The van der Waals surface area contributed by atoms with Gasteiger partial charge in [-0.3, -0.25) is 4.99 Å². The molecule has 1 atom stereocenters. The number of nitrogens with zero attached hydrogens (tertiary/aromatic N) is 1. The second-order valence-corrected chi connectivity index (χ2v) is 4.99. The Morgan fingerprint density at radius 3 is 2.89 bits per heavy atom. The Balaban J connectivity index is 1.59. The third kappa shape index (κ3) is 2.53. The molecule has 1 aromatic rings. The summed E-state index contributed by atoms with van der Waals surface area (Å²) in [5.41, 5.74) is 5.01. The van der Waals surface area contributed by atoms with E-state index in [1.165, 1.54) is 11.1 Å². The first-order valence-corrected chi connectivity index (χ1v) is 6.75. The Hall–Kier alpha value is -2.09. The number of hydrogen-bond donors (Lipinski definition) is 1. The topological polar surface area (TPSA) is 24.4 Å². The fraction of sp³-hybridized carbons (Fsp3) is 0.235. The highest BCUT2D eigenvalue weighted by atomic mass is 14.9. The van der Waals surface area contributed by atoms with Crippen LogP contribution in [-0.2, 0) is 6.42 Å². The van der Waals surface area contributed by atoms with Crippen LogP contribution in [0.1, 0.15) is 12.5 Å². The lowest BCUT2D eigenvalue weighted by Crippen LogP contribution is -2.27. The summed E-state index contributed by atoms with van der Waals surface area (Å²) >= 11 is 0. The molecule has 0 aromatic heterocycles. The highest BCUT2D eigenvalue weighted by molar-refractivity contribution is 6.07. The second-order valence-electron chi connectivity index (χ2n) is 4.99. The number of rotatable bonds is 4. The van der Waals surface area contributed by atoms with Crippen molar-refractivity contribution in [3.63, 3.8) is 0 Å². The molecule has 0 saturated carbocycles. The quantitative estimate of drug-likeness (QED) is 0.871. The van der Waals surface area contributed by atoms with E-state index in [-0.39, 0.29) is 0 Å². The summed E-state index contributed by atoms with van der Waals surface area (Å²) < 4.78 is 0. The van der Waals surface area contributed by atoms with Crippen molar-refractivity contribution < 1.29 is 0 Å². The Morgan fingerprint density at radius 1 is 1.21 bits per heavy atom. The van der Waals surface area contributed by atoms with E-state index in [1.807, 2.05) is 6.20 Å². The summed E-state index contributed by atoms with van der Waals surface area (Å²) in [6.45, 7) is 3.08. The van der Waals surface area contributed by atoms with Gasteiger partial charge in [0.15, 0.2) is 0 Å². The number of aliphatic imine (C=N–C) groups is 1. The van der Waals surface area contributed by atoms with Crippen LogP contribution < -0.4 is 5.32 Å². The van der Waals surface area contributed by atoms with Gasteiger partial charge in [-0.1, -0.05) is 42.5 Å². The molecule has 96 valence electrons. The molecule has 2 nitrogen and oxygen atoms in total. The number of allylic oxidation sites excluding steroid dienone is 5. The fourth-order valence-electron chi connectivity index (χ4n) is 2.51. The minimum Gasteiger partial charge on any atom is -0.383 e. The van der Waals surface area contributed by atoms with Gasteiger partial charge in [-0.25, -0.2) is 0 Å². The molecule has 2 aliphatic rings. The van der Waals surface area contributed by atoms with Gasteiger partial charge in [-0.05, 0) is 30.6 Å². The zero-order chi connectivity index (χ0) is 13.1. The van der Waals surface area contributed by atoms with E-state index in [1.54, 1.807) is 0 Å². The van der Waals surface area contributed by atoms with E-state index < -0.39 is 0 Å². The van der Waals surface area contributed by atoms with Crippen LogP contribution in [-0.4, -0.2) is 12.3 Å². The van der Waals surface area contributed by atoms with Gasteiger partial charge in [-0.15, -0.1) is 0 Å². The van der Waals surface area contributed by atoms with Gasteiger partial charge < -0.3 is 5.32 Å². The Morgan fingerprint density at radius 2 is 2.05 bits per heavy atom. The Kier molecular flexibility index (Phi) is 3.32. The van der Waals surface area contributed by atoms with Gasteiger partial charge in [0, 0.05) is 18.7 Å². The molecule has 0 fully saturated rings. The molecule has 0 radical (unpaired) electrons. The lowest BCUT2D eigenvalue weighted by molar-refractivity contribution is 0.803. The molecule has 0 bridgehead atoms. The van der Waals surface area contributed by atoms with Crippen LogP contribution >= 0.6 is 0 Å². The summed E-state index contributed by atoms with van der Waals surface area (Å²) in [5.74, 6) is 0.379. The summed E-state index contributed by atoms with van der Waals surface area (Å²) in [5, 5.41) is 3.51. The van der Waals surface area contributed by atoms with Crippen molar-refractivity contribution >= 4 is 5.71 Å². The maximum absolute atomic E-state index is 4.52. The number of hydrogen-bond acceptors (Lipinski definition) is 2. The van der Waals surface area contributed by atoms with Crippen molar-refractivity contribution in [1.29, 1.82) is 0 Å². The molecular formula is C17H18N2. The molecule has 3 rings (SSSR count). The molecule has 1 aliphatic carbocycles. The van der Waals surface area contributed by atoms with Crippen LogP contribution in [0, 0.1) is 5.92 Å². The van der Waals surface area contributed by atoms with Crippen LogP contribution in [0.15, 0.2) is 71.0 Å². The van der Waals surface area contributed by atoms with Crippen molar-refractivity contribution in [2.45, 2.75) is 13.3 Å². The molecule has 0 spiro atoms. The van der Waals surface area contributed by atoms with E-state index in [0.29, 0.717) is 5.92 Å². The first kappa shape index (κ1) is 12.0. The summed E-state index contributed by atoms with van der Waals surface area (Å²) in [6, 6.07) is 10.6. The normalized spacial score (nSPS) is 20.5. The molecule has 0 amide bonds. The van der Waals surface area contributed by atoms with Gasteiger partial charge in [0.05, 0.1) is 11.4 Å². The van der Waals surface area contributed by atoms with Crippen molar-refractivity contribution in [2.24, 2.45) is 10.9 Å². The van der Waals surface area contributed by atoms with Crippen LogP contribution in [0.4, 0.5) is 0 Å². The molecule has 19 heavy (non-hydrogen) atoms. The summed E-state index contributed by atoms with van der Waals surface area (Å²) in [7, 11) is 0. The third-order valence-corrected chi connectivity index (χ3v) is 3.61. The van der Waals surface area contributed by atoms with E-state index in [4.69, 9.17) is 0 Å². The molecule has 1 heterocycles. The Labute approximate surface area is 114 Å². The average Bonchev–Trinajstić information content (AvgIpc) is 2.83. The minimum atomic E-state index is 0.379.